The molecule has 0 amide bonds. The molecule has 0 saturated carbocycles. The van der Waals surface area contributed by atoms with Gasteiger partial charge in [-0.1, -0.05) is 18.6 Å². The highest BCUT2D eigenvalue weighted by atomic mass is 16.6. The van der Waals surface area contributed by atoms with E-state index in [0.29, 0.717) is 0 Å². The summed E-state index contributed by atoms with van der Waals surface area (Å²) in [6.07, 6.45) is 4.90. The van der Waals surface area contributed by atoms with E-state index in [1.54, 1.807) is 0 Å². The van der Waals surface area contributed by atoms with Crippen LogP contribution in [0.4, 0.5) is 0 Å². The Morgan fingerprint density at radius 3 is 2.83 bits per heavy atom. The van der Waals surface area contributed by atoms with Gasteiger partial charge in [0.1, 0.15) is 6.61 Å². The highest BCUT2D eigenvalue weighted by Gasteiger charge is 2.17. The lowest BCUT2D eigenvalue weighted by molar-refractivity contribution is -0.148. The van der Waals surface area contributed by atoms with Crippen molar-refractivity contribution in [3.05, 3.63) is 12.7 Å². The van der Waals surface area contributed by atoms with Gasteiger partial charge in [-0.15, -0.1) is 6.42 Å². The number of rotatable bonds is 5. The summed E-state index contributed by atoms with van der Waals surface area (Å²) in [5.41, 5.74) is 0. The van der Waals surface area contributed by atoms with Gasteiger partial charge in [-0.2, -0.15) is 0 Å². The number of carbonyl (C=O) groups is 1. The zero-order valence-corrected chi connectivity index (χ0v) is 6.28. The van der Waals surface area contributed by atoms with Gasteiger partial charge in [-0.05, 0) is 0 Å². The summed E-state index contributed by atoms with van der Waals surface area (Å²) in [6, 6.07) is 0. The van der Waals surface area contributed by atoms with E-state index in [1.165, 1.54) is 6.08 Å². The highest BCUT2D eigenvalue weighted by Crippen LogP contribution is 1.92. The molecule has 0 saturated heterocycles. The lowest BCUT2D eigenvalue weighted by atomic mass is 10.4. The Morgan fingerprint density at radius 1 is 1.75 bits per heavy atom. The zero-order chi connectivity index (χ0) is 9.40. The Labute approximate surface area is 70.2 Å². The molecule has 4 nitrogen and oxygen atoms in total. The minimum atomic E-state index is -1.32. The molecule has 0 fully saturated rings. The average molecular weight is 167 g/mol. The Balaban J connectivity index is 3.95. The molecule has 0 aromatic rings. The summed E-state index contributed by atoms with van der Waals surface area (Å²) in [7, 11) is 0. The first-order valence-corrected chi connectivity index (χ1v) is 3.02. The number of ether oxygens (including phenoxy) is 2. The van der Waals surface area contributed by atoms with Crippen LogP contribution in [-0.4, -0.2) is 25.2 Å². The van der Waals surface area contributed by atoms with Crippen molar-refractivity contribution in [2.24, 2.45) is 0 Å². The van der Waals surface area contributed by atoms with Crippen LogP contribution in [0.25, 0.3) is 0 Å². The minimum absolute atomic E-state index is 0.0270. The number of terminal acetylenes is 1. The van der Waals surface area contributed by atoms with E-state index in [4.69, 9.17) is 6.42 Å². The second kappa shape index (κ2) is 5.98. The fourth-order valence-corrected chi connectivity index (χ4v) is 0.415. The topological polar surface area (TPSA) is 52.6 Å². The predicted octanol–water partition coefficient (Wildman–Crippen LogP) is -0.199. The molecular formula is C8H7O4. The van der Waals surface area contributed by atoms with E-state index in [-0.39, 0.29) is 6.61 Å². The molecular weight excluding hydrogens is 160 g/mol. The molecule has 0 bridgehead atoms. The fraction of sp³-hybridized carbons (Fsp3) is 0.250. The Morgan fingerprint density at radius 2 is 2.42 bits per heavy atom. The van der Waals surface area contributed by atoms with Gasteiger partial charge >= 0.3 is 12.4 Å². The third-order valence-electron chi connectivity index (χ3n) is 0.875. The average Bonchev–Trinajstić information content (AvgIpc) is 2.10. The first kappa shape index (κ1) is 10.2. The fourth-order valence-electron chi connectivity index (χ4n) is 0.415. The van der Waals surface area contributed by atoms with Crippen molar-refractivity contribution in [1.82, 2.24) is 0 Å². The molecule has 1 unspecified atom stereocenters. The first-order valence-electron chi connectivity index (χ1n) is 3.02. The van der Waals surface area contributed by atoms with Crippen LogP contribution in [0.15, 0.2) is 12.7 Å². The number of esters is 1. The molecule has 0 aromatic heterocycles. The lowest BCUT2D eigenvalue weighted by Gasteiger charge is -2.05. The van der Waals surface area contributed by atoms with Gasteiger partial charge < -0.3 is 9.47 Å². The van der Waals surface area contributed by atoms with Crippen molar-refractivity contribution in [1.29, 1.82) is 0 Å². The van der Waals surface area contributed by atoms with Gasteiger partial charge in [0.05, 0.1) is 0 Å². The molecule has 0 N–H and O–H groups in total. The molecule has 63 valence electrons. The molecule has 0 aromatic carbocycles. The van der Waals surface area contributed by atoms with Crippen LogP contribution in [0.2, 0.25) is 0 Å². The first-order chi connectivity index (χ1) is 5.76. The smallest absolute Gasteiger partial charge is 0.419 e. The maximum Gasteiger partial charge on any atom is 0.419 e. The Bertz CT molecular complexity index is 214. The van der Waals surface area contributed by atoms with Crippen molar-refractivity contribution in [3.63, 3.8) is 0 Å². The van der Waals surface area contributed by atoms with E-state index in [9.17, 15) is 9.59 Å². The molecule has 12 heavy (non-hydrogen) atoms. The largest absolute Gasteiger partial charge is 0.458 e. The predicted molar refractivity (Wildman–Crippen MR) is 40.6 cm³/mol. The number of carbonyl (C=O) groups excluding carboxylic acids is 2. The van der Waals surface area contributed by atoms with Crippen LogP contribution in [-0.2, 0) is 19.1 Å². The summed E-state index contributed by atoms with van der Waals surface area (Å²) in [5.74, 6) is 1.11. The maximum absolute atomic E-state index is 10.8. The molecule has 0 rings (SSSR count). The Kier molecular flexibility index (Phi) is 5.11. The van der Waals surface area contributed by atoms with Gasteiger partial charge in [-0.3, -0.25) is 0 Å². The van der Waals surface area contributed by atoms with E-state index in [0.717, 1.165) is 6.47 Å². The Hall–Kier alpha value is -1.76. The molecule has 0 heterocycles. The summed E-state index contributed by atoms with van der Waals surface area (Å²) >= 11 is 0. The van der Waals surface area contributed by atoms with Crippen molar-refractivity contribution in [2.75, 3.05) is 6.61 Å². The molecule has 0 aliphatic heterocycles. The van der Waals surface area contributed by atoms with E-state index in [1.807, 2.05) is 5.92 Å². The van der Waals surface area contributed by atoms with E-state index >= 15 is 0 Å². The molecule has 0 spiro atoms. The van der Waals surface area contributed by atoms with Crippen LogP contribution in [0.5, 0.6) is 0 Å². The van der Waals surface area contributed by atoms with Crippen molar-refractivity contribution in [3.8, 4) is 12.3 Å². The van der Waals surface area contributed by atoms with Crippen LogP contribution in [0.1, 0.15) is 0 Å². The molecule has 1 radical (unpaired) electrons. The van der Waals surface area contributed by atoms with Gasteiger partial charge in [0.2, 0.25) is 0 Å². The van der Waals surface area contributed by atoms with Gasteiger partial charge in [0.15, 0.2) is 0 Å². The SMILES string of the molecule is C#CC(O[C]=O)C(=O)OCC=C. The summed E-state index contributed by atoms with van der Waals surface area (Å²) in [5, 5.41) is 0. The number of hydrogen-bond acceptors (Lipinski definition) is 4. The summed E-state index contributed by atoms with van der Waals surface area (Å²) < 4.78 is 8.59. The van der Waals surface area contributed by atoms with E-state index < -0.39 is 12.1 Å². The summed E-state index contributed by atoms with van der Waals surface area (Å²) in [6.45, 7) is 4.40. The van der Waals surface area contributed by atoms with Gasteiger partial charge in [0, 0.05) is 0 Å². The third-order valence-corrected chi connectivity index (χ3v) is 0.875. The molecule has 0 aliphatic carbocycles. The van der Waals surface area contributed by atoms with Crippen LogP contribution < -0.4 is 0 Å². The van der Waals surface area contributed by atoms with Gasteiger partial charge in [0.25, 0.3) is 6.10 Å². The second-order valence-corrected chi connectivity index (χ2v) is 1.67. The van der Waals surface area contributed by atoms with Crippen molar-refractivity contribution >= 4 is 12.4 Å². The van der Waals surface area contributed by atoms with Crippen molar-refractivity contribution in [2.45, 2.75) is 6.10 Å². The van der Waals surface area contributed by atoms with Gasteiger partial charge in [-0.25, -0.2) is 9.59 Å². The second-order valence-electron chi connectivity index (χ2n) is 1.67. The normalized spacial score (nSPS) is 10.6. The third kappa shape index (κ3) is 3.42. The monoisotopic (exact) mass is 167 g/mol. The number of hydrogen-bond donors (Lipinski definition) is 0. The van der Waals surface area contributed by atoms with Crippen LogP contribution >= 0.6 is 0 Å². The lowest BCUT2D eigenvalue weighted by Crippen LogP contribution is -2.24. The minimum Gasteiger partial charge on any atom is -0.458 e. The van der Waals surface area contributed by atoms with Crippen molar-refractivity contribution < 1.29 is 19.1 Å². The maximum atomic E-state index is 10.8. The van der Waals surface area contributed by atoms with Crippen LogP contribution in [0.3, 0.4) is 0 Å². The highest BCUT2D eigenvalue weighted by molar-refractivity contribution is 5.79. The molecule has 0 aliphatic rings. The zero-order valence-electron chi connectivity index (χ0n) is 6.28. The summed E-state index contributed by atoms with van der Waals surface area (Å²) in [4.78, 5) is 20.5. The van der Waals surface area contributed by atoms with Crippen LogP contribution in [0, 0.1) is 12.3 Å². The standard InChI is InChI=1S/C8H7O4/c1-3-5-11-8(10)7(4-2)12-6-9/h2-3,7H,1,5H2. The van der Waals surface area contributed by atoms with E-state index in [2.05, 4.69) is 16.1 Å². The quantitative estimate of drug-likeness (QED) is 0.323. The molecule has 4 heteroatoms. The molecule has 1 atom stereocenters.